The molecule has 0 unspecified atom stereocenters. The maximum absolute atomic E-state index is 12.7. The van der Waals surface area contributed by atoms with Gasteiger partial charge in [0.2, 0.25) is 5.91 Å². The fourth-order valence-electron chi connectivity index (χ4n) is 4.00. The highest BCUT2D eigenvalue weighted by atomic mass is 32.1. The summed E-state index contributed by atoms with van der Waals surface area (Å²) in [5.74, 6) is 0.0664. The van der Waals surface area contributed by atoms with Gasteiger partial charge in [-0.25, -0.2) is 4.79 Å². The Morgan fingerprint density at radius 3 is 2.57 bits per heavy atom. The minimum absolute atomic E-state index is 0.00789. The Hall–Kier alpha value is -2.14. The molecule has 2 aromatic rings. The van der Waals surface area contributed by atoms with Crippen molar-refractivity contribution in [3.05, 3.63) is 40.3 Å². The Balaban J connectivity index is 1.87. The number of carbonyl (C=O) groups excluding carboxylic acids is 2. The Bertz CT molecular complexity index is 850. The average Bonchev–Trinajstić information content (AvgIpc) is 3.06. The molecular weight excluding hydrogens is 370 g/mol. The lowest BCUT2D eigenvalue weighted by molar-refractivity contribution is -0.117. The maximum atomic E-state index is 12.7. The molecule has 1 heterocycles. The van der Waals surface area contributed by atoms with Crippen molar-refractivity contribution in [3.8, 4) is 11.1 Å². The van der Waals surface area contributed by atoms with E-state index in [4.69, 9.17) is 4.74 Å². The molecule has 0 saturated heterocycles. The fraction of sp³-hybridized carbons (Fsp3) is 0.478. The SMILES string of the molecule is CCOC(=O)c1c(-c2ccc(C)cc2C)csc1NC(=O)CC1CCCCC1. The van der Waals surface area contributed by atoms with E-state index in [0.717, 1.165) is 29.5 Å². The lowest BCUT2D eigenvalue weighted by Crippen LogP contribution is -2.19. The monoisotopic (exact) mass is 399 g/mol. The van der Waals surface area contributed by atoms with Crippen LogP contribution in [0.25, 0.3) is 11.1 Å². The first-order valence-electron chi connectivity index (χ1n) is 10.2. The predicted molar refractivity (Wildman–Crippen MR) is 115 cm³/mol. The number of anilines is 1. The van der Waals surface area contributed by atoms with E-state index >= 15 is 0 Å². The van der Waals surface area contributed by atoms with Crippen LogP contribution < -0.4 is 5.32 Å². The van der Waals surface area contributed by atoms with Gasteiger partial charge >= 0.3 is 5.97 Å². The zero-order chi connectivity index (χ0) is 20.1. The molecule has 1 aromatic carbocycles. The summed E-state index contributed by atoms with van der Waals surface area (Å²) >= 11 is 1.40. The van der Waals surface area contributed by atoms with Gasteiger partial charge in [0.15, 0.2) is 0 Å². The van der Waals surface area contributed by atoms with E-state index in [1.165, 1.54) is 36.2 Å². The van der Waals surface area contributed by atoms with Gasteiger partial charge in [-0.2, -0.15) is 0 Å². The van der Waals surface area contributed by atoms with Gasteiger partial charge in [0.05, 0.1) is 6.61 Å². The van der Waals surface area contributed by atoms with E-state index in [9.17, 15) is 9.59 Å². The number of carbonyl (C=O) groups is 2. The molecule has 1 amide bonds. The number of nitrogens with one attached hydrogen (secondary N) is 1. The summed E-state index contributed by atoms with van der Waals surface area (Å²) in [7, 11) is 0. The molecule has 0 spiro atoms. The Morgan fingerprint density at radius 2 is 1.89 bits per heavy atom. The molecule has 5 heteroatoms. The highest BCUT2D eigenvalue weighted by Crippen LogP contribution is 2.38. The second-order valence-corrected chi connectivity index (χ2v) is 8.53. The van der Waals surface area contributed by atoms with Crippen LogP contribution in [-0.4, -0.2) is 18.5 Å². The van der Waals surface area contributed by atoms with Crippen LogP contribution in [0.15, 0.2) is 23.6 Å². The van der Waals surface area contributed by atoms with E-state index < -0.39 is 0 Å². The van der Waals surface area contributed by atoms with Crippen molar-refractivity contribution in [3.63, 3.8) is 0 Å². The highest BCUT2D eigenvalue weighted by molar-refractivity contribution is 7.15. The zero-order valence-corrected chi connectivity index (χ0v) is 17.8. The molecule has 1 aliphatic rings. The predicted octanol–water partition coefficient (Wildman–Crippen LogP) is 6.12. The molecule has 1 fully saturated rings. The lowest BCUT2D eigenvalue weighted by Gasteiger charge is -2.20. The van der Waals surface area contributed by atoms with Crippen molar-refractivity contribution in [2.75, 3.05) is 11.9 Å². The Labute approximate surface area is 171 Å². The summed E-state index contributed by atoms with van der Waals surface area (Å²) in [6.07, 6.45) is 6.46. The van der Waals surface area contributed by atoms with Gasteiger partial charge in [0.1, 0.15) is 10.6 Å². The third-order valence-corrected chi connectivity index (χ3v) is 6.29. The van der Waals surface area contributed by atoms with Gasteiger partial charge < -0.3 is 10.1 Å². The quantitative estimate of drug-likeness (QED) is 0.596. The van der Waals surface area contributed by atoms with Gasteiger partial charge in [0.25, 0.3) is 0 Å². The summed E-state index contributed by atoms with van der Waals surface area (Å²) in [6.45, 7) is 6.18. The van der Waals surface area contributed by atoms with E-state index in [1.807, 2.05) is 31.4 Å². The first-order valence-corrected chi connectivity index (χ1v) is 11.0. The third kappa shape index (κ3) is 4.82. The molecule has 3 rings (SSSR count). The van der Waals surface area contributed by atoms with Crippen molar-refractivity contribution < 1.29 is 14.3 Å². The van der Waals surface area contributed by atoms with Crippen molar-refractivity contribution in [2.45, 2.75) is 59.3 Å². The zero-order valence-electron chi connectivity index (χ0n) is 17.0. The summed E-state index contributed by atoms with van der Waals surface area (Å²) in [4.78, 5) is 25.3. The molecule has 1 saturated carbocycles. The number of esters is 1. The number of aryl methyl sites for hydroxylation is 2. The smallest absolute Gasteiger partial charge is 0.341 e. The van der Waals surface area contributed by atoms with E-state index in [-0.39, 0.29) is 11.9 Å². The third-order valence-electron chi connectivity index (χ3n) is 5.39. The molecule has 1 aromatic heterocycles. The number of amides is 1. The van der Waals surface area contributed by atoms with Gasteiger partial charge in [-0.3, -0.25) is 4.79 Å². The molecule has 150 valence electrons. The van der Waals surface area contributed by atoms with Crippen molar-refractivity contribution in [1.82, 2.24) is 0 Å². The van der Waals surface area contributed by atoms with Crippen molar-refractivity contribution in [1.29, 1.82) is 0 Å². The molecule has 4 nitrogen and oxygen atoms in total. The second kappa shape index (κ2) is 9.37. The average molecular weight is 400 g/mol. The highest BCUT2D eigenvalue weighted by Gasteiger charge is 2.24. The van der Waals surface area contributed by atoms with Crippen LogP contribution in [-0.2, 0) is 9.53 Å². The fourth-order valence-corrected chi connectivity index (χ4v) is 4.97. The van der Waals surface area contributed by atoms with Crippen LogP contribution in [0, 0.1) is 19.8 Å². The van der Waals surface area contributed by atoms with E-state index in [1.54, 1.807) is 6.92 Å². The standard InChI is InChI=1S/C23H29NO3S/c1-4-27-23(26)21-19(18-11-10-15(2)12-16(18)3)14-28-22(21)24-20(25)13-17-8-6-5-7-9-17/h10-12,14,17H,4-9,13H2,1-3H3,(H,24,25). The number of ether oxygens (including phenoxy) is 1. The first-order chi connectivity index (χ1) is 13.5. The molecule has 0 bridgehead atoms. The summed E-state index contributed by atoms with van der Waals surface area (Å²) in [6, 6.07) is 6.17. The minimum Gasteiger partial charge on any atom is -0.462 e. The van der Waals surface area contributed by atoms with Crippen molar-refractivity contribution in [2.24, 2.45) is 5.92 Å². The molecular formula is C23H29NO3S. The van der Waals surface area contributed by atoms with Crippen LogP contribution in [0.3, 0.4) is 0 Å². The number of hydrogen-bond donors (Lipinski definition) is 1. The van der Waals surface area contributed by atoms with Crippen LogP contribution in [0.2, 0.25) is 0 Å². The summed E-state index contributed by atoms with van der Waals surface area (Å²) in [5.41, 5.74) is 4.57. The van der Waals surface area contributed by atoms with Crippen molar-refractivity contribution >= 4 is 28.2 Å². The topological polar surface area (TPSA) is 55.4 Å². The second-order valence-electron chi connectivity index (χ2n) is 7.65. The molecule has 1 N–H and O–H groups in total. The van der Waals surface area contributed by atoms with Gasteiger partial charge in [-0.15, -0.1) is 11.3 Å². The molecule has 0 radical (unpaired) electrons. The van der Waals surface area contributed by atoms with E-state index in [0.29, 0.717) is 29.5 Å². The Morgan fingerprint density at radius 1 is 1.14 bits per heavy atom. The largest absolute Gasteiger partial charge is 0.462 e. The minimum atomic E-state index is -0.383. The summed E-state index contributed by atoms with van der Waals surface area (Å²) in [5, 5.41) is 5.53. The van der Waals surface area contributed by atoms with Crippen LogP contribution in [0.1, 0.15) is 66.9 Å². The molecule has 28 heavy (non-hydrogen) atoms. The molecule has 0 atom stereocenters. The van der Waals surface area contributed by atoms with E-state index in [2.05, 4.69) is 11.4 Å². The first kappa shape index (κ1) is 20.6. The number of benzene rings is 1. The molecule has 0 aliphatic heterocycles. The van der Waals surface area contributed by atoms with Gasteiger partial charge in [0, 0.05) is 17.4 Å². The number of rotatable bonds is 6. The Kier molecular flexibility index (Phi) is 6.89. The van der Waals surface area contributed by atoms with Gasteiger partial charge in [-0.1, -0.05) is 43.0 Å². The van der Waals surface area contributed by atoms with Crippen LogP contribution in [0.5, 0.6) is 0 Å². The molecule has 1 aliphatic carbocycles. The van der Waals surface area contributed by atoms with Crippen LogP contribution >= 0.6 is 11.3 Å². The number of hydrogen-bond acceptors (Lipinski definition) is 4. The van der Waals surface area contributed by atoms with Crippen LogP contribution in [0.4, 0.5) is 5.00 Å². The number of thiophene rings is 1. The normalized spacial score (nSPS) is 14.7. The summed E-state index contributed by atoms with van der Waals surface area (Å²) < 4.78 is 5.30. The maximum Gasteiger partial charge on any atom is 0.341 e. The van der Waals surface area contributed by atoms with Gasteiger partial charge in [-0.05, 0) is 50.7 Å². The lowest BCUT2D eigenvalue weighted by atomic mass is 9.87.